The zero-order chi connectivity index (χ0) is 20.2. The lowest BCUT2D eigenvalue weighted by Crippen LogP contribution is -2.33. The minimum atomic E-state index is -1.12. The summed E-state index contributed by atoms with van der Waals surface area (Å²) in [5, 5.41) is 20.7. The second-order valence-corrected chi connectivity index (χ2v) is 6.05. The molecule has 5 nitrogen and oxygen atoms in total. The van der Waals surface area contributed by atoms with Crippen molar-refractivity contribution in [3.8, 4) is 0 Å². The first-order chi connectivity index (χ1) is 13.1. The fourth-order valence-corrected chi connectivity index (χ4v) is 2.29. The SMILES string of the molecule is CC/C=C\C/C=C\C/C=C\C/C=C\C/C=C\CC(O)C(CC[C]=O)[N+](=O)[O-]. The number of aliphatic hydroxyl groups is 1. The molecule has 0 aliphatic carbocycles. The number of nitro groups is 1. The Labute approximate surface area is 163 Å². The molecular weight excluding hydrogens is 342 g/mol. The third kappa shape index (κ3) is 15.7. The molecule has 0 spiro atoms. The monoisotopic (exact) mass is 374 g/mol. The van der Waals surface area contributed by atoms with Gasteiger partial charge in [0.25, 0.3) is 0 Å². The van der Waals surface area contributed by atoms with Gasteiger partial charge in [0.15, 0.2) is 6.29 Å². The molecule has 0 heterocycles. The molecule has 2 unspecified atom stereocenters. The molecule has 0 aliphatic heterocycles. The van der Waals surface area contributed by atoms with Crippen LogP contribution in [0, 0.1) is 10.1 Å². The van der Waals surface area contributed by atoms with Gasteiger partial charge in [0.2, 0.25) is 6.04 Å². The van der Waals surface area contributed by atoms with E-state index in [9.17, 15) is 20.0 Å². The number of hydrogen-bond donors (Lipinski definition) is 1. The molecule has 149 valence electrons. The van der Waals surface area contributed by atoms with Crippen LogP contribution in [0.25, 0.3) is 0 Å². The highest BCUT2D eigenvalue weighted by atomic mass is 16.6. The summed E-state index contributed by atoms with van der Waals surface area (Å²) in [5.74, 6) is 0. The molecule has 2 atom stereocenters. The third-order valence-electron chi connectivity index (χ3n) is 3.79. The maximum atomic E-state index is 10.9. The molecule has 0 amide bonds. The molecule has 0 aliphatic rings. The molecule has 0 rings (SSSR count). The zero-order valence-corrected chi connectivity index (χ0v) is 16.2. The van der Waals surface area contributed by atoms with Gasteiger partial charge in [-0.15, -0.1) is 0 Å². The normalized spacial score (nSPS) is 14.9. The summed E-state index contributed by atoms with van der Waals surface area (Å²) >= 11 is 0. The molecule has 0 fully saturated rings. The van der Waals surface area contributed by atoms with E-state index in [2.05, 4.69) is 49.5 Å². The molecule has 1 N–H and O–H groups in total. The number of aliphatic hydroxyl groups excluding tert-OH is 1. The largest absolute Gasteiger partial charge is 0.386 e. The number of carbonyl (C=O) groups excluding carboxylic acids is 1. The van der Waals surface area contributed by atoms with Gasteiger partial charge >= 0.3 is 0 Å². The second kappa shape index (κ2) is 18.5. The van der Waals surface area contributed by atoms with Crippen molar-refractivity contribution in [1.29, 1.82) is 0 Å². The van der Waals surface area contributed by atoms with Gasteiger partial charge in [0.05, 0.1) is 0 Å². The molecule has 1 radical (unpaired) electrons. The van der Waals surface area contributed by atoms with Crippen molar-refractivity contribution >= 4 is 6.29 Å². The molecular formula is C22H32NO4. The number of rotatable bonds is 16. The van der Waals surface area contributed by atoms with Crippen molar-refractivity contribution in [3.63, 3.8) is 0 Å². The van der Waals surface area contributed by atoms with Gasteiger partial charge in [-0.05, 0) is 38.5 Å². The summed E-state index contributed by atoms with van der Waals surface area (Å²) in [6.45, 7) is 2.12. The number of allylic oxidation sites excluding steroid dienone is 9. The van der Waals surface area contributed by atoms with Crippen LogP contribution in [-0.2, 0) is 4.79 Å². The Kier molecular flexibility index (Phi) is 17.0. The van der Waals surface area contributed by atoms with Crippen molar-refractivity contribution in [2.24, 2.45) is 0 Å². The van der Waals surface area contributed by atoms with Crippen LogP contribution in [-0.4, -0.2) is 28.5 Å². The number of nitrogens with zero attached hydrogens (tertiary/aromatic N) is 1. The van der Waals surface area contributed by atoms with Gasteiger partial charge in [0, 0.05) is 17.8 Å². The van der Waals surface area contributed by atoms with Crippen LogP contribution in [0.15, 0.2) is 60.8 Å². The lowest BCUT2D eigenvalue weighted by Gasteiger charge is -2.13. The Morgan fingerprint density at radius 1 is 0.889 bits per heavy atom. The van der Waals surface area contributed by atoms with E-state index >= 15 is 0 Å². The Morgan fingerprint density at radius 3 is 1.74 bits per heavy atom. The Morgan fingerprint density at radius 2 is 1.33 bits per heavy atom. The fourth-order valence-electron chi connectivity index (χ4n) is 2.29. The summed E-state index contributed by atoms with van der Waals surface area (Å²) in [6.07, 6.45) is 25.9. The summed E-state index contributed by atoms with van der Waals surface area (Å²) in [4.78, 5) is 20.5. The molecule has 0 aromatic rings. The van der Waals surface area contributed by atoms with Gasteiger partial charge in [0.1, 0.15) is 6.10 Å². The first kappa shape index (κ1) is 24.7. The number of hydrogen-bond acceptors (Lipinski definition) is 4. The van der Waals surface area contributed by atoms with Crippen LogP contribution < -0.4 is 0 Å². The van der Waals surface area contributed by atoms with Crippen LogP contribution in [0.4, 0.5) is 0 Å². The van der Waals surface area contributed by atoms with Crippen LogP contribution >= 0.6 is 0 Å². The van der Waals surface area contributed by atoms with Crippen LogP contribution in [0.2, 0.25) is 0 Å². The van der Waals surface area contributed by atoms with Gasteiger partial charge in [-0.25, -0.2) is 0 Å². The van der Waals surface area contributed by atoms with Crippen molar-refractivity contribution < 1.29 is 14.8 Å². The quantitative estimate of drug-likeness (QED) is 0.233. The lowest BCUT2D eigenvalue weighted by atomic mass is 10.0. The summed E-state index contributed by atoms with van der Waals surface area (Å²) in [7, 11) is 0. The van der Waals surface area contributed by atoms with Crippen molar-refractivity contribution in [1.82, 2.24) is 0 Å². The molecule has 0 saturated heterocycles. The smallest absolute Gasteiger partial charge is 0.239 e. The Balaban J connectivity index is 3.88. The van der Waals surface area contributed by atoms with E-state index in [0.29, 0.717) is 0 Å². The highest BCUT2D eigenvalue weighted by Gasteiger charge is 2.28. The van der Waals surface area contributed by atoms with Gasteiger partial charge in [-0.3, -0.25) is 14.9 Å². The summed E-state index contributed by atoms with van der Waals surface area (Å²) in [5.41, 5.74) is 0. The van der Waals surface area contributed by atoms with Crippen LogP contribution in [0.5, 0.6) is 0 Å². The minimum absolute atomic E-state index is 0.0162. The highest BCUT2D eigenvalue weighted by molar-refractivity contribution is 5.50. The van der Waals surface area contributed by atoms with Gasteiger partial charge in [-0.1, -0.05) is 67.7 Å². The van der Waals surface area contributed by atoms with Crippen molar-refractivity contribution in [2.75, 3.05) is 0 Å². The Bertz CT molecular complexity index is 532. The van der Waals surface area contributed by atoms with E-state index < -0.39 is 17.1 Å². The maximum absolute atomic E-state index is 10.9. The third-order valence-corrected chi connectivity index (χ3v) is 3.79. The maximum Gasteiger partial charge on any atom is 0.239 e. The standard InChI is InChI=1S/C22H32NO4/c1-2-3-4-5-6-7-8-9-10-11-12-13-14-15-16-19-22(25)21(23(26)27)18-17-20-24/h3-4,6-7,9-10,12-13,15-16,21-22,25H,2,5,8,11,14,17-19H2,1H3/b4-3-,7-6-,10-9-,13-12-,16-15-. The molecule has 27 heavy (non-hydrogen) atoms. The lowest BCUT2D eigenvalue weighted by molar-refractivity contribution is -0.534. The minimum Gasteiger partial charge on any atom is -0.386 e. The highest BCUT2D eigenvalue weighted by Crippen LogP contribution is 2.10. The first-order valence-electron chi connectivity index (χ1n) is 9.55. The van der Waals surface area contributed by atoms with E-state index in [1.54, 1.807) is 12.4 Å². The predicted octanol–water partition coefficient (Wildman–Crippen LogP) is 5.02. The molecule has 0 aromatic heterocycles. The fraction of sp³-hybridized carbons (Fsp3) is 0.500. The van der Waals surface area contributed by atoms with Gasteiger partial charge < -0.3 is 5.11 Å². The van der Waals surface area contributed by atoms with Crippen LogP contribution in [0.3, 0.4) is 0 Å². The predicted molar refractivity (Wildman–Crippen MR) is 111 cm³/mol. The zero-order valence-electron chi connectivity index (χ0n) is 16.2. The van der Waals surface area contributed by atoms with E-state index in [0.717, 1.165) is 32.1 Å². The molecule has 0 aromatic carbocycles. The first-order valence-corrected chi connectivity index (χ1v) is 9.55. The molecule has 5 heteroatoms. The van der Waals surface area contributed by atoms with Crippen LogP contribution in [0.1, 0.15) is 58.3 Å². The van der Waals surface area contributed by atoms with Gasteiger partial charge in [-0.2, -0.15) is 0 Å². The second-order valence-electron chi connectivity index (χ2n) is 6.05. The Hall–Kier alpha value is -2.27. The van der Waals surface area contributed by atoms with E-state index in [1.807, 2.05) is 12.2 Å². The molecule has 0 bridgehead atoms. The average Bonchev–Trinajstić information content (AvgIpc) is 2.65. The average molecular weight is 375 g/mol. The van der Waals surface area contributed by atoms with E-state index in [4.69, 9.17) is 0 Å². The van der Waals surface area contributed by atoms with Crippen molar-refractivity contribution in [2.45, 2.75) is 70.4 Å². The summed E-state index contributed by atoms with van der Waals surface area (Å²) < 4.78 is 0. The van der Waals surface area contributed by atoms with Crippen molar-refractivity contribution in [3.05, 3.63) is 70.9 Å². The van der Waals surface area contributed by atoms with E-state index in [1.165, 1.54) is 0 Å². The summed E-state index contributed by atoms with van der Waals surface area (Å²) in [6, 6.07) is -1.12. The topological polar surface area (TPSA) is 80.4 Å². The van der Waals surface area contributed by atoms with E-state index in [-0.39, 0.29) is 19.3 Å². The molecule has 0 saturated carbocycles.